The average Bonchev–Trinajstić information content (AvgIpc) is 2.59. The molecule has 1 aliphatic heterocycles. The molecule has 0 aliphatic carbocycles. The summed E-state index contributed by atoms with van der Waals surface area (Å²) >= 11 is 6.01. The van der Waals surface area contributed by atoms with E-state index in [0.29, 0.717) is 6.04 Å². The van der Waals surface area contributed by atoms with E-state index in [1.165, 1.54) is 56.6 Å². The lowest BCUT2D eigenvalue weighted by molar-refractivity contribution is 0.285. The van der Waals surface area contributed by atoms with Gasteiger partial charge >= 0.3 is 0 Å². The van der Waals surface area contributed by atoms with Crippen LogP contribution in [0.25, 0.3) is 0 Å². The van der Waals surface area contributed by atoms with E-state index in [9.17, 15) is 0 Å². The molecule has 2 nitrogen and oxygen atoms in total. The highest BCUT2D eigenvalue weighted by molar-refractivity contribution is 6.30. The molecule has 0 bridgehead atoms. The Morgan fingerprint density at radius 3 is 2.89 bits per heavy atom. The molecule has 2 rings (SSSR count). The second-order valence-corrected chi connectivity index (χ2v) is 6.01. The molecule has 1 saturated heterocycles. The maximum absolute atomic E-state index is 6.01. The first kappa shape index (κ1) is 14.7. The first-order valence-electron chi connectivity index (χ1n) is 7.44. The molecule has 1 aliphatic rings. The van der Waals surface area contributed by atoms with Crippen molar-refractivity contribution in [3.05, 3.63) is 28.8 Å². The summed E-state index contributed by atoms with van der Waals surface area (Å²) in [6.45, 7) is 8.10. The number of likely N-dealkylation sites (tertiary alicyclic amines) is 1. The van der Waals surface area contributed by atoms with Crippen molar-refractivity contribution in [3.63, 3.8) is 0 Å². The van der Waals surface area contributed by atoms with E-state index in [1.54, 1.807) is 0 Å². The van der Waals surface area contributed by atoms with Gasteiger partial charge in [-0.2, -0.15) is 0 Å². The van der Waals surface area contributed by atoms with Crippen LogP contribution in [-0.2, 0) is 0 Å². The third-order valence-electron chi connectivity index (χ3n) is 3.91. The Kier molecular flexibility index (Phi) is 5.53. The Hall–Kier alpha value is -0.730. The van der Waals surface area contributed by atoms with Crippen LogP contribution in [0.15, 0.2) is 18.2 Å². The summed E-state index contributed by atoms with van der Waals surface area (Å²) in [5, 5.41) is 4.51. The van der Waals surface area contributed by atoms with Gasteiger partial charge < -0.3 is 10.2 Å². The maximum atomic E-state index is 6.01. The van der Waals surface area contributed by atoms with Crippen molar-refractivity contribution in [2.45, 2.75) is 45.6 Å². The molecule has 3 heteroatoms. The Morgan fingerprint density at radius 2 is 2.16 bits per heavy atom. The Balaban J connectivity index is 1.92. The molecule has 1 aromatic carbocycles. The summed E-state index contributed by atoms with van der Waals surface area (Å²) in [5.41, 5.74) is 2.47. The van der Waals surface area contributed by atoms with Crippen LogP contribution in [0.4, 0.5) is 5.69 Å². The van der Waals surface area contributed by atoms with Crippen molar-refractivity contribution in [3.8, 4) is 0 Å². The Bertz CT molecular complexity index is 406. The van der Waals surface area contributed by atoms with E-state index >= 15 is 0 Å². The van der Waals surface area contributed by atoms with Crippen LogP contribution >= 0.6 is 11.6 Å². The lowest BCUT2D eigenvalue weighted by Crippen LogP contribution is -2.27. The molecule has 1 fully saturated rings. The summed E-state index contributed by atoms with van der Waals surface area (Å²) < 4.78 is 0. The molecule has 0 radical (unpaired) electrons. The first-order valence-corrected chi connectivity index (χ1v) is 7.82. The van der Waals surface area contributed by atoms with Crippen LogP contribution in [0, 0.1) is 6.92 Å². The number of halogens is 1. The van der Waals surface area contributed by atoms with Crippen LogP contribution < -0.4 is 5.32 Å². The molecule has 19 heavy (non-hydrogen) atoms. The highest BCUT2D eigenvalue weighted by Crippen LogP contribution is 2.23. The van der Waals surface area contributed by atoms with Gasteiger partial charge in [0.05, 0.1) is 0 Å². The van der Waals surface area contributed by atoms with Crippen molar-refractivity contribution < 1.29 is 0 Å². The van der Waals surface area contributed by atoms with Gasteiger partial charge in [-0.1, -0.05) is 18.5 Å². The predicted molar refractivity (Wildman–Crippen MR) is 84.2 cm³/mol. The molecular formula is C16H25ClN2. The van der Waals surface area contributed by atoms with Gasteiger partial charge in [0.25, 0.3) is 0 Å². The Labute approximate surface area is 122 Å². The van der Waals surface area contributed by atoms with Gasteiger partial charge in [-0.15, -0.1) is 0 Å². The predicted octanol–water partition coefficient (Wildman–Crippen LogP) is 4.32. The van der Waals surface area contributed by atoms with Gasteiger partial charge in [0, 0.05) is 23.3 Å². The quantitative estimate of drug-likeness (QED) is 0.883. The molecule has 1 heterocycles. The summed E-state index contributed by atoms with van der Waals surface area (Å²) in [6, 6.07) is 6.70. The molecule has 0 amide bonds. The van der Waals surface area contributed by atoms with E-state index in [1.807, 2.05) is 12.1 Å². The minimum atomic E-state index is 0.599. The second kappa shape index (κ2) is 7.16. The third kappa shape index (κ3) is 4.39. The second-order valence-electron chi connectivity index (χ2n) is 5.57. The number of rotatable bonds is 4. The number of benzene rings is 1. The minimum Gasteiger partial charge on any atom is -0.382 e. The average molecular weight is 281 g/mol. The summed E-state index contributed by atoms with van der Waals surface area (Å²) in [7, 11) is 0. The van der Waals surface area contributed by atoms with E-state index in [0.717, 1.165) is 5.02 Å². The fraction of sp³-hybridized carbons (Fsp3) is 0.625. The van der Waals surface area contributed by atoms with Gasteiger partial charge in [-0.05, 0) is 69.5 Å². The zero-order chi connectivity index (χ0) is 13.7. The van der Waals surface area contributed by atoms with E-state index in [2.05, 4.69) is 30.1 Å². The number of aryl methyl sites for hydroxylation is 1. The lowest BCUT2D eigenvalue weighted by Gasteiger charge is -2.21. The van der Waals surface area contributed by atoms with Gasteiger partial charge in [-0.3, -0.25) is 0 Å². The maximum Gasteiger partial charge on any atom is 0.0410 e. The van der Waals surface area contributed by atoms with Gasteiger partial charge in [-0.25, -0.2) is 0 Å². The molecule has 1 N–H and O–H groups in total. The highest BCUT2D eigenvalue weighted by atomic mass is 35.5. The Morgan fingerprint density at radius 1 is 1.32 bits per heavy atom. The first-order chi connectivity index (χ1) is 9.19. The van der Waals surface area contributed by atoms with Crippen LogP contribution in [0.3, 0.4) is 0 Å². The van der Waals surface area contributed by atoms with E-state index in [4.69, 9.17) is 11.6 Å². The zero-order valence-corrected chi connectivity index (χ0v) is 12.8. The molecule has 0 spiro atoms. The molecule has 0 saturated carbocycles. The van der Waals surface area contributed by atoms with Crippen molar-refractivity contribution in [1.29, 1.82) is 0 Å². The van der Waals surface area contributed by atoms with Crippen LogP contribution in [0.2, 0.25) is 5.02 Å². The normalized spacial score (nSPS) is 21.1. The van der Waals surface area contributed by atoms with Crippen molar-refractivity contribution in [2.75, 3.05) is 25.0 Å². The van der Waals surface area contributed by atoms with Gasteiger partial charge in [0.2, 0.25) is 0 Å². The van der Waals surface area contributed by atoms with Crippen molar-refractivity contribution >= 4 is 17.3 Å². The van der Waals surface area contributed by atoms with E-state index < -0.39 is 0 Å². The number of nitrogens with one attached hydrogen (secondary N) is 1. The minimum absolute atomic E-state index is 0.599. The SMILES string of the molecule is CCCN1CCCC(Nc2ccc(Cl)cc2C)CC1. The molecule has 0 aromatic heterocycles. The fourth-order valence-corrected chi connectivity index (χ4v) is 3.08. The summed E-state index contributed by atoms with van der Waals surface area (Å²) in [6.07, 6.45) is 5.06. The molecule has 106 valence electrons. The standard InChI is InChI=1S/C16H25ClN2/c1-3-9-19-10-4-5-15(8-11-19)18-16-7-6-14(17)12-13(16)2/h6-7,12,15,18H,3-5,8-11H2,1-2H3. The van der Waals surface area contributed by atoms with Crippen molar-refractivity contribution in [2.24, 2.45) is 0 Å². The molecular weight excluding hydrogens is 256 g/mol. The number of anilines is 1. The number of hydrogen-bond donors (Lipinski definition) is 1. The number of hydrogen-bond acceptors (Lipinski definition) is 2. The lowest BCUT2D eigenvalue weighted by atomic mass is 10.1. The fourth-order valence-electron chi connectivity index (χ4n) is 2.85. The zero-order valence-electron chi connectivity index (χ0n) is 12.1. The molecule has 1 aromatic rings. The number of nitrogens with zero attached hydrogens (tertiary/aromatic N) is 1. The van der Waals surface area contributed by atoms with Gasteiger partial charge in [0.1, 0.15) is 0 Å². The topological polar surface area (TPSA) is 15.3 Å². The van der Waals surface area contributed by atoms with Crippen LogP contribution in [-0.4, -0.2) is 30.6 Å². The summed E-state index contributed by atoms with van der Waals surface area (Å²) in [5.74, 6) is 0. The molecule has 1 atom stereocenters. The van der Waals surface area contributed by atoms with Gasteiger partial charge in [0.15, 0.2) is 0 Å². The van der Waals surface area contributed by atoms with Crippen LogP contribution in [0.1, 0.15) is 38.2 Å². The third-order valence-corrected chi connectivity index (χ3v) is 4.14. The summed E-state index contributed by atoms with van der Waals surface area (Å²) in [4.78, 5) is 2.59. The molecule has 1 unspecified atom stereocenters. The van der Waals surface area contributed by atoms with E-state index in [-0.39, 0.29) is 0 Å². The van der Waals surface area contributed by atoms with Crippen molar-refractivity contribution in [1.82, 2.24) is 4.90 Å². The largest absolute Gasteiger partial charge is 0.382 e. The van der Waals surface area contributed by atoms with Crippen LogP contribution in [0.5, 0.6) is 0 Å². The smallest absolute Gasteiger partial charge is 0.0410 e. The highest BCUT2D eigenvalue weighted by Gasteiger charge is 2.16. The monoisotopic (exact) mass is 280 g/mol.